The fourth-order valence-corrected chi connectivity index (χ4v) is 2.81. The first-order valence-corrected chi connectivity index (χ1v) is 6.51. The maximum atomic E-state index is 5.95. The Hall–Kier alpha value is -0.160. The van der Waals surface area contributed by atoms with Crippen LogP contribution in [-0.2, 0) is 9.47 Å². The molecule has 2 unspecified atom stereocenters. The second kappa shape index (κ2) is 6.55. The molecule has 0 saturated carbocycles. The lowest BCUT2D eigenvalue weighted by molar-refractivity contribution is 0.0105. The molecule has 0 radical (unpaired) electrons. The molecule has 0 amide bonds. The maximum absolute atomic E-state index is 5.95. The molecule has 2 rings (SSSR count). The van der Waals surface area contributed by atoms with Crippen LogP contribution in [0.25, 0.3) is 0 Å². The topological polar surface area (TPSA) is 47.7 Å². The molecule has 2 saturated heterocycles. The largest absolute Gasteiger partial charge is 0.381 e. The molecule has 2 heterocycles. The maximum Gasteiger partial charge on any atom is 0.0593 e. The quantitative estimate of drug-likeness (QED) is 0.762. The summed E-state index contributed by atoms with van der Waals surface area (Å²) < 4.78 is 11.1. The van der Waals surface area contributed by atoms with Gasteiger partial charge in [-0.3, -0.25) is 4.90 Å². The lowest BCUT2D eigenvalue weighted by Gasteiger charge is -2.37. The average Bonchev–Trinajstić information content (AvgIpc) is 2.61. The smallest absolute Gasteiger partial charge is 0.0593 e. The van der Waals surface area contributed by atoms with Crippen molar-refractivity contribution in [2.75, 3.05) is 46.1 Å². The van der Waals surface area contributed by atoms with Gasteiger partial charge in [-0.2, -0.15) is 0 Å². The van der Waals surface area contributed by atoms with Gasteiger partial charge in [-0.25, -0.2) is 0 Å². The number of nitrogens with two attached hydrogens (primary N) is 1. The zero-order valence-electron chi connectivity index (χ0n) is 10.1. The van der Waals surface area contributed by atoms with Crippen LogP contribution in [0.4, 0.5) is 0 Å². The van der Waals surface area contributed by atoms with E-state index < -0.39 is 0 Å². The van der Waals surface area contributed by atoms with Crippen LogP contribution in [0.3, 0.4) is 0 Å². The van der Waals surface area contributed by atoms with E-state index in [1.54, 1.807) is 0 Å². The van der Waals surface area contributed by atoms with Crippen molar-refractivity contribution < 1.29 is 9.47 Å². The number of hydrogen-bond donors (Lipinski definition) is 1. The monoisotopic (exact) mass is 228 g/mol. The van der Waals surface area contributed by atoms with Gasteiger partial charge in [0.05, 0.1) is 13.2 Å². The van der Waals surface area contributed by atoms with Crippen molar-refractivity contribution in [2.45, 2.75) is 25.3 Å². The van der Waals surface area contributed by atoms with Gasteiger partial charge >= 0.3 is 0 Å². The molecule has 0 aromatic rings. The highest BCUT2D eigenvalue weighted by Crippen LogP contribution is 2.21. The van der Waals surface area contributed by atoms with Gasteiger partial charge in [0.1, 0.15) is 0 Å². The van der Waals surface area contributed by atoms with Crippen LogP contribution >= 0.6 is 0 Å². The van der Waals surface area contributed by atoms with Crippen LogP contribution in [-0.4, -0.2) is 57.0 Å². The summed E-state index contributed by atoms with van der Waals surface area (Å²) in [7, 11) is 0. The third-order valence-electron chi connectivity index (χ3n) is 3.71. The summed E-state index contributed by atoms with van der Waals surface area (Å²) in [5.41, 5.74) is 5.95. The lowest BCUT2D eigenvalue weighted by atomic mass is 9.92. The van der Waals surface area contributed by atoms with Crippen molar-refractivity contribution in [1.29, 1.82) is 0 Å². The molecule has 2 N–H and O–H groups in total. The van der Waals surface area contributed by atoms with E-state index in [4.69, 9.17) is 15.2 Å². The number of nitrogens with zero attached hydrogens (tertiary/aromatic N) is 1. The molecule has 2 fully saturated rings. The fourth-order valence-electron chi connectivity index (χ4n) is 2.81. The molecule has 2 aliphatic heterocycles. The average molecular weight is 228 g/mol. The molecule has 2 atom stereocenters. The summed E-state index contributed by atoms with van der Waals surface area (Å²) in [6.45, 7) is 6.46. The number of hydrogen-bond acceptors (Lipinski definition) is 4. The predicted molar refractivity (Wildman–Crippen MR) is 63.4 cm³/mol. The molecule has 0 spiro atoms. The van der Waals surface area contributed by atoms with Crippen LogP contribution in [0.5, 0.6) is 0 Å². The molecular weight excluding hydrogens is 204 g/mol. The molecule has 4 nitrogen and oxygen atoms in total. The van der Waals surface area contributed by atoms with Gasteiger partial charge < -0.3 is 15.2 Å². The van der Waals surface area contributed by atoms with Gasteiger partial charge in [-0.15, -0.1) is 0 Å². The first-order chi connectivity index (χ1) is 7.92. The molecule has 0 aromatic heterocycles. The highest BCUT2D eigenvalue weighted by atomic mass is 16.5. The molecule has 94 valence electrons. The van der Waals surface area contributed by atoms with E-state index in [-0.39, 0.29) is 0 Å². The van der Waals surface area contributed by atoms with E-state index in [2.05, 4.69) is 4.90 Å². The summed E-state index contributed by atoms with van der Waals surface area (Å²) in [6, 6.07) is 0.488. The van der Waals surface area contributed by atoms with E-state index in [0.29, 0.717) is 12.0 Å². The van der Waals surface area contributed by atoms with Crippen LogP contribution in [0.1, 0.15) is 19.3 Å². The second-order valence-corrected chi connectivity index (χ2v) is 4.78. The van der Waals surface area contributed by atoms with E-state index in [9.17, 15) is 0 Å². The zero-order chi connectivity index (χ0) is 11.2. The molecule has 0 aliphatic carbocycles. The van der Waals surface area contributed by atoms with Gasteiger partial charge in [0.15, 0.2) is 0 Å². The normalized spacial score (nSPS) is 30.9. The van der Waals surface area contributed by atoms with Gasteiger partial charge in [-0.05, 0) is 25.2 Å². The Kier molecular flexibility index (Phi) is 5.03. The van der Waals surface area contributed by atoms with Crippen LogP contribution in [0.2, 0.25) is 0 Å². The first kappa shape index (κ1) is 12.3. The van der Waals surface area contributed by atoms with Crippen LogP contribution < -0.4 is 5.73 Å². The molecular formula is C12H24N2O2. The Labute approximate surface area is 98.1 Å². The highest BCUT2D eigenvalue weighted by molar-refractivity contribution is 4.82. The van der Waals surface area contributed by atoms with Crippen molar-refractivity contribution >= 4 is 0 Å². The Morgan fingerprint density at radius 3 is 2.75 bits per heavy atom. The minimum atomic E-state index is 0.488. The Bertz CT molecular complexity index is 187. The molecule has 0 aromatic carbocycles. The Balaban J connectivity index is 1.90. The molecule has 0 bridgehead atoms. The SMILES string of the molecule is NCC(C1CCCOC1)N1CCCOCC1. The number of rotatable bonds is 3. The van der Waals surface area contributed by atoms with Crippen molar-refractivity contribution in [2.24, 2.45) is 11.7 Å². The molecule has 4 heteroatoms. The van der Waals surface area contributed by atoms with Crippen LogP contribution in [0, 0.1) is 5.92 Å². The Morgan fingerprint density at radius 2 is 2.00 bits per heavy atom. The first-order valence-electron chi connectivity index (χ1n) is 6.51. The summed E-state index contributed by atoms with van der Waals surface area (Å²) in [5, 5.41) is 0. The lowest BCUT2D eigenvalue weighted by Crippen LogP contribution is -2.48. The minimum absolute atomic E-state index is 0.488. The standard InChI is InChI=1S/C12H24N2O2/c13-9-12(11-3-1-6-16-10-11)14-4-2-7-15-8-5-14/h11-12H,1-10,13H2. The van der Waals surface area contributed by atoms with Crippen molar-refractivity contribution in [1.82, 2.24) is 4.90 Å². The van der Waals surface area contributed by atoms with Crippen molar-refractivity contribution in [3.05, 3.63) is 0 Å². The third kappa shape index (κ3) is 3.17. The summed E-state index contributed by atoms with van der Waals surface area (Å²) in [4.78, 5) is 2.51. The van der Waals surface area contributed by atoms with Crippen LogP contribution in [0.15, 0.2) is 0 Å². The zero-order valence-corrected chi connectivity index (χ0v) is 10.1. The van der Waals surface area contributed by atoms with Gasteiger partial charge in [0.2, 0.25) is 0 Å². The fraction of sp³-hybridized carbons (Fsp3) is 1.00. The highest BCUT2D eigenvalue weighted by Gasteiger charge is 2.28. The number of ether oxygens (including phenoxy) is 2. The molecule has 2 aliphatic rings. The molecule has 16 heavy (non-hydrogen) atoms. The summed E-state index contributed by atoms with van der Waals surface area (Å²) >= 11 is 0. The van der Waals surface area contributed by atoms with E-state index in [1.807, 2.05) is 0 Å². The van der Waals surface area contributed by atoms with Gasteiger partial charge in [0.25, 0.3) is 0 Å². The van der Waals surface area contributed by atoms with Gasteiger partial charge in [-0.1, -0.05) is 0 Å². The van der Waals surface area contributed by atoms with Crippen molar-refractivity contribution in [3.63, 3.8) is 0 Å². The van der Waals surface area contributed by atoms with E-state index in [0.717, 1.165) is 52.5 Å². The minimum Gasteiger partial charge on any atom is -0.381 e. The third-order valence-corrected chi connectivity index (χ3v) is 3.71. The predicted octanol–water partition coefficient (Wildman–Crippen LogP) is 0.463. The van der Waals surface area contributed by atoms with E-state index in [1.165, 1.54) is 12.8 Å². The van der Waals surface area contributed by atoms with Gasteiger partial charge in [0, 0.05) is 38.9 Å². The summed E-state index contributed by atoms with van der Waals surface area (Å²) in [5.74, 6) is 0.622. The van der Waals surface area contributed by atoms with Crippen molar-refractivity contribution in [3.8, 4) is 0 Å². The summed E-state index contributed by atoms with van der Waals surface area (Å²) in [6.07, 6.45) is 3.58. The second-order valence-electron chi connectivity index (χ2n) is 4.78. The van der Waals surface area contributed by atoms with E-state index >= 15 is 0 Å². The Morgan fingerprint density at radius 1 is 1.12 bits per heavy atom.